The highest BCUT2D eigenvalue weighted by Gasteiger charge is 2.15. The maximum atomic E-state index is 2.39. The Balaban J connectivity index is 4.14. The SMILES string of the molecule is CCC(CC)CCC(CCC(CC)CC)CC(C)C. The zero-order chi connectivity index (χ0) is 14.7. The molecule has 0 atom stereocenters. The van der Waals surface area contributed by atoms with Crippen molar-refractivity contribution in [2.45, 2.75) is 99.3 Å². The first-order valence-electron chi connectivity index (χ1n) is 9.07. The normalized spacial score (nSPS) is 12.3. The Morgan fingerprint density at radius 1 is 0.526 bits per heavy atom. The van der Waals surface area contributed by atoms with Crippen LogP contribution in [0.15, 0.2) is 0 Å². The van der Waals surface area contributed by atoms with Gasteiger partial charge in [-0.15, -0.1) is 0 Å². The molecule has 0 amide bonds. The Bertz CT molecular complexity index is 158. The van der Waals surface area contributed by atoms with Gasteiger partial charge in [0.25, 0.3) is 0 Å². The van der Waals surface area contributed by atoms with Gasteiger partial charge in [0.2, 0.25) is 0 Å². The van der Waals surface area contributed by atoms with Gasteiger partial charge in [-0.25, -0.2) is 0 Å². The van der Waals surface area contributed by atoms with Crippen molar-refractivity contribution in [2.75, 3.05) is 0 Å². The van der Waals surface area contributed by atoms with Crippen LogP contribution in [0.2, 0.25) is 0 Å². The van der Waals surface area contributed by atoms with E-state index < -0.39 is 0 Å². The topological polar surface area (TPSA) is 0 Å². The summed E-state index contributed by atoms with van der Waals surface area (Å²) in [5.41, 5.74) is 0. The zero-order valence-electron chi connectivity index (χ0n) is 14.7. The second-order valence-electron chi connectivity index (χ2n) is 7.02. The summed E-state index contributed by atoms with van der Waals surface area (Å²) >= 11 is 0. The van der Waals surface area contributed by atoms with Crippen molar-refractivity contribution in [1.29, 1.82) is 0 Å². The van der Waals surface area contributed by atoms with Crippen LogP contribution in [0, 0.1) is 23.7 Å². The van der Waals surface area contributed by atoms with Crippen LogP contribution in [0.5, 0.6) is 0 Å². The molecule has 0 bridgehead atoms. The molecule has 0 heterocycles. The standard InChI is InChI=1S/C19H40/c1-7-17(8-2)11-13-19(15-16(5)6)14-12-18(9-3)10-4/h16-19H,7-15H2,1-6H3. The van der Waals surface area contributed by atoms with Gasteiger partial charge in [-0.2, -0.15) is 0 Å². The molecule has 0 aliphatic rings. The molecule has 0 N–H and O–H groups in total. The molecule has 0 nitrogen and oxygen atoms in total. The second-order valence-corrected chi connectivity index (χ2v) is 7.02. The summed E-state index contributed by atoms with van der Waals surface area (Å²) in [6, 6.07) is 0. The molecule has 0 fully saturated rings. The smallest absolute Gasteiger partial charge is 0.0412 e. The van der Waals surface area contributed by atoms with Gasteiger partial charge in [0.1, 0.15) is 0 Å². The van der Waals surface area contributed by atoms with E-state index in [9.17, 15) is 0 Å². The van der Waals surface area contributed by atoms with E-state index in [0.717, 1.165) is 23.7 Å². The van der Waals surface area contributed by atoms with E-state index in [-0.39, 0.29) is 0 Å². The van der Waals surface area contributed by atoms with Crippen molar-refractivity contribution in [1.82, 2.24) is 0 Å². The lowest BCUT2D eigenvalue weighted by Crippen LogP contribution is -2.10. The zero-order valence-corrected chi connectivity index (χ0v) is 14.7. The Kier molecular flexibility index (Phi) is 11.8. The predicted molar refractivity (Wildman–Crippen MR) is 89.6 cm³/mol. The maximum Gasteiger partial charge on any atom is -0.0412 e. The molecule has 0 saturated heterocycles. The Morgan fingerprint density at radius 3 is 1.11 bits per heavy atom. The van der Waals surface area contributed by atoms with Crippen molar-refractivity contribution in [2.24, 2.45) is 23.7 Å². The van der Waals surface area contributed by atoms with Crippen LogP contribution in [0.25, 0.3) is 0 Å². The van der Waals surface area contributed by atoms with Gasteiger partial charge in [-0.1, -0.05) is 92.9 Å². The van der Waals surface area contributed by atoms with Gasteiger partial charge in [-0.05, 0) is 30.1 Å². The van der Waals surface area contributed by atoms with E-state index in [1.54, 1.807) is 0 Å². The van der Waals surface area contributed by atoms with E-state index in [2.05, 4.69) is 41.5 Å². The summed E-state index contributed by atoms with van der Waals surface area (Å²) in [4.78, 5) is 0. The van der Waals surface area contributed by atoms with Gasteiger partial charge < -0.3 is 0 Å². The molecule has 0 aromatic heterocycles. The molecule has 0 aromatic rings. The lowest BCUT2D eigenvalue weighted by Gasteiger charge is -2.23. The average molecular weight is 269 g/mol. The van der Waals surface area contributed by atoms with Crippen molar-refractivity contribution < 1.29 is 0 Å². The van der Waals surface area contributed by atoms with Crippen molar-refractivity contribution in [3.05, 3.63) is 0 Å². The second kappa shape index (κ2) is 11.8. The summed E-state index contributed by atoms with van der Waals surface area (Å²) < 4.78 is 0. The molecular weight excluding hydrogens is 228 g/mol. The first kappa shape index (κ1) is 19.0. The highest BCUT2D eigenvalue weighted by molar-refractivity contribution is 4.67. The maximum absolute atomic E-state index is 2.39. The molecule has 0 aliphatic heterocycles. The highest BCUT2D eigenvalue weighted by Crippen LogP contribution is 2.29. The minimum atomic E-state index is 0.869. The molecule has 0 aliphatic carbocycles. The molecule has 0 saturated carbocycles. The van der Waals surface area contributed by atoms with Gasteiger partial charge in [-0.3, -0.25) is 0 Å². The van der Waals surface area contributed by atoms with Crippen LogP contribution >= 0.6 is 0 Å². The Morgan fingerprint density at radius 2 is 0.842 bits per heavy atom. The van der Waals surface area contributed by atoms with Crippen LogP contribution in [0.1, 0.15) is 99.3 Å². The molecule has 0 aromatic carbocycles. The predicted octanol–water partition coefficient (Wildman–Crippen LogP) is 7.08. The van der Waals surface area contributed by atoms with Crippen molar-refractivity contribution >= 4 is 0 Å². The van der Waals surface area contributed by atoms with Gasteiger partial charge >= 0.3 is 0 Å². The fraction of sp³-hybridized carbons (Fsp3) is 1.00. The van der Waals surface area contributed by atoms with E-state index in [1.807, 2.05) is 0 Å². The molecule has 116 valence electrons. The van der Waals surface area contributed by atoms with E-state index in [0.29, 0.717) is 0 Å². The minimum Gasteiger partial charge on any atom is -0.0651 e. The summed E-state index contributed by atoms with van der Waals surface area (Å²) in [5.74, 6) is 3.81. The molecular formula is C19H40. The molecule has 0 spiro atoms. The molecule has 0 unspecified atom stereocenters. The van der Waals surface area contributed by atoms with Gasteiger partial charge in [0.05, 0.1) is 0 Å². The fourth-order valence-electron chi connectivity index (χ4n) is 3.38. The third kappa shape index (κ3) is 9.52. The number of hydrogen-bond acceptors (Lipinski definition) is 0. The van der Waals surface area contributed by atoms with Crippen LogP contribution in [0.4, 0.5) is 0 Å². The lowest BCUT2D eigenvalue weighted by molar-refractivity contribution is 0.291. The van der Waals surface area contributed by atoms with Gasteiger partial charge in [0, 0.05) is 0 Å². The highest BCUT2D eigenvalue weighted by atomic mass is 14.2. The first-order valence-corrected chi connectivity index (χ1v) is 9.07. The molecule has 0 heteroatoms. The summed E-state index contributed by atoms with van der Waals surface area (Å²) in [6.45, 7) is 14.2. The summed E-state index contributed by atoms with van der Waals surface area (Å²) in [7, 11) is 0. The molecule has 0 rings (SSSR count). The molecule has 0 radical (unpaired) electrons. The molecule has 19 heavy (non-hydrogen) atoms. The fourth-order valence-corrected chi connectivity index (χ4v) is 3.38. The van der Waals surface area contributed by atoms with E-state index >= 15 is 0 Å². The largest absolute Gasteiger partial charge is 0.0651 e. The number of hydrogen-bond donors (Lipinski definition) is 0. The lowest BCUT2D eigenvalue weighted by atomic mass is 9.83. The first-order chi connectivity index (χ1) is 9.07. The number of rotatable bonds is 12. The quantitative estimate of drug-likeness (QED) is 0.354. The Hall–Kier alpha value is 0. The Labute approximate surface area is 123 Å². The summed E-state index contributed by atoms with van der Waals surface area (Å²) in [5, 5.41) is 0. The third-order valence-electron chi connectivity index (χ3n) is 5.08. The monoisotopic (exact) mass is 268 g/mol. The van der Waals surface area contributed by atoms with Crippen LogP contribution < -0.4 is 0 Å². The van der Waals surface area contributed by atoms with E-state index in [4.69, 9.17) is 0 Å². The van der Waals surface area contributed by atoms with E-state index in [1.165, 1.54) is 57.8 Å². The van der Waals surface area contributed by atoms with Crippen molar-refractivity contribution in [3.63, 3.8) is 0 Å². The van der Waals surface area contributed by atoms with Crippen LogP contribution in [0.3, 0.4) is 0 Å². The minimum absolute atomic E-state index is 0.869. The third-order valence-corrected chi connectivity index (χ3v) is 5.08. The van der Waals surface area contributed by atoms with Crippen molar-refractivity contribution in [3.8, 4) is 0 Å². The summed E-state index contributed by atoms with van der Waals surface area (Å²) in [6.07, 6.45) is 12.8. The van der Waals surface area contributed by atoms with Crippen LogP contribution in [-0.4, -0.2) is 0 Å². The average Bonchev–Trinajstić information content (AvgIpc) is 2.40. The van der Waals surface area contributed by atoms with Gasteiger partial charge in [0.15, 0.2) is 0 Å². The van der Waals surface area contributed by atoms with Crippen LogP contribution in [-0.2, 0) is 0 Å².